The monoisotopic (exact) mass is 888 g/mol. The predicted molar refractivity (Wildman–Crippen MR) is 248 cm³/mol. The van der Waals surface area contributed by atoms with Crippen molar-refractivity contribution in [1.29, 1.82) is 0 Å². The number of hydrogen-bond acceptors (Lipinski definition) is 10. The van der Waals surface area contributed by atoms with Crippen molar-refractivity contribution < 1.29 is 38.4 Å². The summed E-state index contributed by atoms with van der Waals surface area (Å²) >= 11 is 0. The van der Waals surface area contributed by atoms with Crippen LogP contribution in [0.1, 0.15) is 129 Å². The molecule has 5 amide bonds. The van der Waals surface area contributed by atoms with Crippen molar-refractivity contribution in [3.8, 4) is 11.1 Å². The van der Waals surface area contributed by atoms with E-state index in [1.165, 1.54) is 19.4 Å². The summed E-state index contributed by atoms with van der Waals surface area (Å²) in [5.74, 6) is -2.61. The van der Waals surface area contributed by atoms with Crippen LogP contribution in [0, 0.1) is 17.3 Å². The first kappa shape index (κ1) is 50.7. The Bertz CT molecular complexity index is 1900. The SMILES string of the molecule is CCCCc1ccc(-c2ccc(C(=O)N[C@@H](CCCCN)C(=O)N[C@H](C(=O)N[C@@H](C)C(=O)N[C@@H](CCCCN)C(=O)N[C@@H](C)B3OC4C[C@@H]5C[C@@H](C5(C)C)[C@]4(C)O3)C(C)O)cc2)cc1. The maximum atomic E-state index is 13.7. The van der Waals surface area contributed by atoms with Gasteiger partial charge in [0.25, 0.3) is 5.91 Å². The smallest absolute Gasteiger partial charge is 0.404 e. The van der Waals surface area contributed by atoms with Crippen LogP contribution in [0.2, 0.25) is 0 Å². The third-order valence-corrected chi connectivity index (χ3v) is 14.0. The topological polar surface area (TPSA) is 236 Å². The molecule has 16 heteroatoms. The van der Waals surface area contributed by atoms with Crippen molar-refractivity contribution in [2.75, 3.05) is 13.1 Å². The fourth-order valence-corrected chi connectivity index (χ4v) is 9.66. The van der Waals surface area contributed by atoms with Crippen LogP contribution < -0.4 is 38.1 Å². The van der Waals surface area contributed by atoms with Crippen molar-refractivity contribution >= 4 is 36.7 Å². The van der Waals surface area contributed by atoms with Crippen LogP contribution in [-0.2, 0) is 34.9 Å². The van der Waals surface area contributed by atoms with Gasteiger partial charge in [-0.15, -0.1) is 0 Å². The molecule has 0 radical (unpaired) electrons. The zero-order valence-electron chi connectivity index (χ0n) is 39.0. The highest BCUT2D eigenvalue weighted by Gasteiger charge is 2.68. The second kappa shape index (κ2) is 22.7. The molecule has 352 valence electrons. The van der Waals surface area contributed by atoms with Gasteiger partial charge >= 0.3 is 7.12 Å². The number of nitrogens with two attached hydrogens (primary N) is 2. The third kappa shape index (κ3) is 12.3. The van der Waals surface area contributed by atoms with E-state index in [4.69, 9.17) is 20.8 Å². The molecule has 15 nitrogen and oxygen atoms in total. The minimum Gasteiger partial charge on any atom is -0.404 e. The number of aliphatic hydroxyl groups excluding tert-OH is 1. The highest BCUT2D eigenvalue weighted by atomic mass is 16.7. The summed E-state index contributed by atoms with van der Waals surface area (Å²) in [6.45, 7) is 14.3. The highest BCUT2D eigenvalue weighted by molar-refractivity contribution is 6.47. The van der Waals surface area contributed by atoms with Crippen molar-refractivity contribution in [2.45, 2.75) is 167 Å². The molecule has 2 aromatic carbocycles. The zero-order valence-corrected chi connectivity index (χ0v) is 39.0. The van der Waals surface area contributed by atoms with Gasteiger partial charge in [-0.05, 0) is 151 Å². The van der Waals surface area contributed by atoms with E-state index in [-0.39, 0.29) is 17.9 Å². The molecule has 4 aliphatic rings. The molecule has 3 saturated carbocycles. The third-order valence-electron chi connectivity index (χ3n) is 14.0. The molecular weight excluding hydrogens is 813 g/mol. The average Bonchev–Trinajstić information content (AvgIpc) is 3.64. The van der Waals surface area contributed by atoms with Crippen molar-refractivity contribution in [3.05, 3.63) is 59.7 Å². The van der Waals surface area contributed by atoms with Crippen LogP contribution in [0.4, 0.5) is 0 Å². The standard InChI is InChI=1S/C48H74BN7O8/c1-8-9-14-32-17-19-33(20-18-32)34-21-23-35(24-22-34)43(59)55-38(16-11-13-26-51)45(61)56-41(30(3)57)46(62)52-29(2)42(58)54-37(15-10-12-25-50)44(60)53-31(4)49-63-40-28-36-27-39(47(36,5)6)48(40,7)64-49/h17-24,29-31,36-41,57H,8-16,25-28,50-51H2,1-7H3,(H,52,62)(H,53,60)(H,54,58)(H,55,59)(H,56,61)/t29-,30?,31-,36-,37-,38-,39-,40?,41-,48-/m0/s1. The fraction of sp³-hybridized carbons (Fsp3) is 0.646. The number of benzene rings is 2. The summed E-state index contributed by atoms with van der Waals surface area (Å²) in [5, 5.41) is 24.4. The van der Waals surface area contributed by atoms with Gasteiger partial charge in [0, 0.05) is 5.56 Å². The lowest BCUT2D eigenvalue weighted by atomic mass is 9.43. The average molecular weight is 888 g/mol. The fourth-order valence-electron chi connectivity index (χ4n) is 9.66. The summed E-state index contributed by atoms with van der Waals surface area (Å²) in [5.41, 5.74) is 14.8. The molecule has 3 aliphatic carbocycles. The summed E-state index contributed by atoms with van der Waals surface area (Å²) in [6, 6.07) is 10.8. The normalized spacial score (nSPS) is 23.5. The Morgan fingerprint density at radius 2 is 1.31 bits per heavy atom. The lowest BCUT2D eigenvalue weighted by molar-refractivity contribution is -0.199. The molecule has 2 unspecified atom stereocenters. The molecule has 10 N–H and O–H groups in total. The van der Waals surface area contributed by atoms with Crippen molar-refractivity contribution in [3.63, 3.8) is 0 Å². The summed E-state index contributed by atoms with van der Waals surface area (Å²) < 4.78 is 12.9. The number of hydrogen-bond donors (Lipinski definition) is 8. The van der Waals surface area contributed by atoms with Gasteiger partial charge in [-0.3, -0.25) is 24.0 Å². The van der Waals surface area contributed by atoms with Crippen LogP contribution in [-0.4, -0.2) is 103 Å². The highest BCUT2D eigenvalue weighted by Crippen LogP contribution is 2.65. The Hall–Kier alpha value is -4.35. The second-order valence-corrected chi connectivity index (χ2v) is 19.1. The van der Waals surface area contributed by atoms with Crippen LogP contribution in [0.15, 0.2) is 48.5 Å². The molecule has 1 aliphatic heterocycles. The molecule has 1 saturated heterocycles. The molecule has 1 heterocycles. The van der Waals surface area contributed by atoms with Crippen LogP contribution in [0.3, 0.4) is 0 Å². The van der Waals surface area contributed by atoms with Gasteiger partial charge in [0.05, 0.1) is 23.8 Å². The van der Waals surface area contributed by atoms with E-state index in [1.54, 1.807) is 12.1 Å². The van der Waals surface area contributed by atoms with E-state index >= 15 is 0 Å². The summed E-state index contributed by atoms with van der Waals surface area (Å²) in [4.78, 5) is 68.1. The van der Waals surface area contributed by atoms with Crippen LogP contribution in [0.5, 0.6) is 0 Å². The predicted octanol–water partition coefficient (Wildman–Crippen LogP) is 3.68. The molecular formula is C48H74BN7O8. The van der Waals surface area contributed by atoms with Gasteiger partial charge in [0.1, 0.15) is 24.2 Å². The first-order valence-electron chi connectivity index (χ1n) is 23.6. The zero-order chi connectivity index (χ0) is 46.8. The molecule has 6 rings (SSSR count). The maximum absolute atomic E-state index is 13.7. The van der Waals surface area contributed by atoms with E-state index in [9.17, 15) is 29.1 Å². The molecule has 2 bridgehead atoms. The van der Waals surface area contributed by atoms with E-state index in [0.29, 0.717) is 62.6 Å². The number of amides is 5. The van der Waals surface area contributed by atoms with Gasteiger partial charge < -0.3 is 52.5 Å². The summed E-state index contributed by atoms with van der Waals surface area (Å²) in [7, 11) is -0.649. The van der Waals surface area contributed by atoms with Crippen molar-refractivity contribution in [2.24, 2.45) is 28.7 Å². The second-order valence-electron chi connectivity index (χ2n) is 19.1. The number of carbonyl (C=O) groups is 5. The van der Waals surface area contributed by atoms with Gasteiger partial charge in [0.15, 0.2) is 0 Å². The Balaban J connectivity index is 1.17. The number of nitrogens with one attached hydrogen (secondary N) is 5. The number of aliphatic hydroxyl groups is 1. The Kier molecular flexibility index (Phi) is 18.0. The molecule has 0 spiro atoms. The Labute approximate surface area is 380 Å². The van der Waals surface area contributed by atoms with Crippen LogP contribution in [0.25, 0.3) is 11.1 Å². The quantitative estimate of drug-likeness (QED) is 0.0563. The van der Waals surface area contributed by atoms with E-state index in [2.05, 4.69) is 78.5 Å². The molecule has 2 aromatic rings. The largest absolute Gasteiger partial charge is 0.481 e. The van der Waals surface area contributed by atoms with Gasteiger partial charge in [-0.25, -0.2) is 0 Å². The molecule has 4 fully saturated rings. The van der Waals surface area contributed by atoms with E-state index in [1.807, 2.05) is 19.1 Å². The van der Waals surface area contributed by atoms with E-state index < -0.39 is 78.5 Å². The first-order chi connectivity index (χ1) is 30.4. The lowest BCUT2D eigenvalue weighted by Crippen LogP contribution is -2.65. The number of unbranched alkanes of at least 4 members (excludes halogenated alkanes) is 3. The number of rotatable bonds is 24. The summed E-state index contributed by atoms with van der Waals surface area (Å²) in [6.07, 6.45) is 6.73. The minimum atomic E-state index is -1.47. The molecule has 64 heavy (non-hydrogen) atoms. The lowest BCUT2D eigenvalue weighted by Gasteiger charge is -2.64. The molecule has 10 atom stereocenters. The molecule has 0 aromatic heterocycles. The Morgan fingerprint density at radius 1 is 0.734 bits per heavy atom. The first-order valence-corrected chi connectivity index (χ1v) is 23.6. The van der Waals surface area contributed by atoms with Gasteiger partial charge in [-0.2, -0.15) is 0 Å². The maximum Gasteiger partial charge on any atom is 0.481 e. The van der Waals surface area contributed by atoms with Gasteiger partial charge in [0.2, 0.25) is 23.6 Å². The number of aryl methyl sites for hydroxylation is 1. The number of carbonyl (C=O) groups excluding carboxylic acids is 5. The van der Waals surface area contributed by atoms with Gasteiger partial charge in [-0.1, -0.05) is 63.6 Å². The van der Waals surface area contributed by atoms with Crippen LogP contribution >= 0.6 is 0 Å². The van der Waals surface area contributed by atoms with Crippen molar-refractivity contribution in [1.82, 2.24) is 26.6 Å². The van der Waals surface area contributed by atoms with E-state index in [0.717, 1.165) is 43.2 Å². The Morgan fingerprint density at radius 3 is 1.88 bits per heavy atom. The minimum absolute atomic E-state index is 0.0540.